The van der Waals surface area contributed by atoms with Crippen molar-refractivity contribution in [3.63, 3.8) is 0 Å². The summed E-state index contributed by atoms with van der Waals surface area (Å²) >= 11 is 0. The fourth-order valence-corrected chi connectivity index (χ4v) is 1.82. The van der Waals surface area contributed by atoms with E-state index in [2.05, 4.69) is 29.5 Å². The van der Waals surface area contributed by atoms with Crippen LogP contribution in [0.5, 0.6) is 0 Å². The molecule has 0 atom stereocenters. The lowest BCUT2D eigenvalue weighted by molar-refractivity contribution is 0.580. The van der Waals surface area contributed by atoms with Crippen LogP contribution >= 0.6 is 0 Å². The number of hydrogen-bond donors (Lipinski definition) is 1. The van der Waals surface area contributed by atoms with Crippen LogP contribution in [0, 0.1) is 12.7 Å². The Kier molecular flexibility index (Phi) is 4.27. The fraction of sp³-hybridized carbons (Fsp3) is 0.429. The van der Waals surface area contributed by atoms with Crippen molar-refractivity contribution in [1.29, 1.82) is 0 Å². The second-order valence-corrected chi connectivity index (χ2v) is 5.01. The molecule has 0 bridgehead atoms. The van der Waals surface area contributed by atoms with Gasteiger partial charge in [-0.05, 0) is 30.2 Å². The summed E-state index contributed by atoms with van der Waals surface area (Å²) in [5, 5.41) is 11.5. The first kappa shape index (κ1) is 13.7. The Labute approximate surface area is 112 Å². The number of nitrogens with one attached hydrogen (secondary N) is 1. The molecule has 0 spiro atoms. The monoisotopic (exact) mass is 262 g/mol. The van der Waals surface area contributed by atoms with Gasteiger partial charge in [-0.2, -0.15) is 0 Å². The molecule has 102 valence electrons. The largest absolute Gasteiger partial charge is 0.309 e. The molecule has 0 unspecified atom stereocenters. The molecule has 4 nitrogen and oxygen atoms in total. The molecule has 1 heterocycles. The van der Waals surface area contributed by atoms with Gasteiger partial charge in [-0.3, -0.25) is 0 Å². The summed E-state index contributed by atoms with van der Waals surface area (Å²) in [4.78, 5) is 0. The minimum atomic E-state index is -0.207. The molecule has 0 aliphatic carbocycles. The van der Waals surface area contributed by atoms with Crippen LogP contribution in [-0.4, -0.2) is 21.0 Å². The minimum absolute atomic E-state index is 0.207. The van der Waals surface area contributed by atoms with Crippen molar-refractivity contribution in [1.82, 2.24) is 20.3 Å². The Morgan fingerprint density at radius 3 is 2.84 bits per heavy atom. The molecule has 0 aliphatic rings. The zero-order valence-electron chi connectivity index (χ0n) is 11.5. The highest BCUT2D eigenvalue weighted by Crippen LogP contribution is 2.11. The second-order valence-electron chi connectivity index (χ2n) is 5.01. The maximum absolute atomic E-state index is 13.0. The van der Waals surface area contributed by atoms with Crippen LogP contribution < -0.4 is 5.32 Å². The topological polar surface area (TPSA) is 42.7 Å². The van der Waals surface area contributed by atoms with E-state index in [1.54, 1.807) is 10.7 Å². The summed E-state index contributed by atoms with van der Waals surface area (Å²) < 4.78 is 14.8. The van der Waals surface area contributed by atoms with E-state index in [0.29, 0.717) is 19.1 Å². The first-order valence-electron chi connectivity index (χ1n) is 6.42. The molecule has 0 saturated heterocycles. The van der Waals surface area contributed by atoms with E-state index in [0.717, 1.165) is 16.8 Å². The van der Waals surface area contributed by atoms with Gasteiger partial charge in [-0.1, -0.05) is 25.1 Å². The van der Waals surface area contributed by atoms with Crippen molar-refractivity contribution in [2.75, 3.05) is 0 Å². The van der Waals surface area contributed by atoms with E-state index < -0.39 is 0 Å². The van der Waals surface area contributed by atoms with Gasteiger partial charge >= 0.3 is 0 Å². The lowest BCUT2D eigenvalue weighted by Gasteiger charge is -2.05. The molecule has 0 radical (unpaired) electrons. The van der Waals surface area contributed by atoms with E-state index >= 15 is 0 Å². The van der Waals surface area contributed by atoms with Crippen LogP contribution in [0.2, 0.25) is 0 Å². The molecular weight excluding hydrogens is 243 g/mol. The third-order valence-electron chi connectivity index (χ3n) is 2.91. The van der Waals surface area contributed by atoms with Gasteiger partial charge in [0, 0.05) is 12.6 Å². The van der Waals surface area contributed by atoms with Crippen LogP contribution in [0.25, 0.3) is 0 Å². The first-order chi connectivity index (χ1) is 9.04. The Morgan fingerprint density at radius 1 is 1.37 bits per heavy atom. The predicted molar refractivity (Wildman–Crippen MR) is 72.2 cm³/mol. The van der Waals surface area contributed by atoms with Crippen LogP contribution in [-0.2, 0) is 13.1 Å². The number of aryl methyl sites for hydroxylation is 1. The fourth-order valence-electron chi connectivity index (χ4n) is 1.82. The van der Waals surface area contributed by atoms with E-state index in [4.69, 9.17) is 0 Å². The molecule has 2 rings (SSSR count). The zero-order valence-corrected chi connectivity index (χ0v) is 11.5. The number of aromatic nitrogens is 3. The first-order valence-corrected chi connectivity index (χ1v) is 6.42. The zero-order chi connectivity index (χ0) is 13.8. The minimum Gasteiger partial charge on any atom is -0.309 e. The molecule has 0 saturated carbocycles. The molecule has 2 aromatic rings. The van der Waals surface area contributed by atoms with Crippen LogP contribution in [0.3, 0.4) is 0 Å². The Balaban J connectivity index is 2.03. The molecule has 0 fully saturated rings. The number of rotatable bonds is 5. The Hall–Kier alpha value is -1.75. The molecule has 19 heavy (non-hydrogen) atoms. The molecule has 1 aromatic carbocycles. The standard InChI is InChI=1S/C14H19FN4/c1-10(2)16-7-14-9-19(18-17-14)8-12-4-5-13(15)6-11(12)3/h4-6,9-10,16H,7-8H2,1-3H3. The molecule has 0 amide bonds. The Morgan fingerprint density at radius 2 is 2.16 bits per heavy atom. The van der Waals surface area contributed by atoms with Crippen molar-refractivity contribution < 1.29 is 4.39 Å². The Bertz CT molecular complexity index is 548. The van der Waals surface area contributed by atoms with Crippen LogP contribution in [0.15, 0.2) is 24.4 Å². The summed E-state index contributed by atoms with van der Waals surface area (Å²) in [7, 11) is 0. The molecule has 5 heteroatoms. The van der Waals surface area contributed by atoms with Gasteiger partial charge < -0.3 is 5.32 Å². The average Bonchev–Trinajstić information content (AvgIpc) is 2.78. The highest BCUT2D eigenvalue weighted by Gasteiger charge is 2.05. The van der Waals surface area contributed by atoms with Crippen molar-refractivity contribution in [3.8, 4) is 0 Å². The lowest BCUT2D eigenvalue weighted by Crippen LogP contribution is -2.21. The van der Waals surface area contributed by atoms with E-state index in [1.807, 2.05) is 13.1 Å². The van der Waals surface area contributed by atoms with Gasteiger partial charge in [0.2, 0.25) is 0 Å². The lowest BCUT2D eigenvalue weighted by atomic mass is 10.1. The summed E-state index contributed by atoms with van der Waals surface area (Å²) in [5.41, 5.74) is 2.89. The summed E-state index contributed by atoms with van der Waals surface area (Å²) in [6.07, 6.45) is 1.91. The molecular formula is C14H19FN4. The second kappa shape index (κ2) is 5.93. The highest BCUT2D eigenvalue weighted by molar-refractivity contribution is 5.26. The van der Waals surface area contributed by atoms with Crippen molar-refractivity contribution in [3.05, 3.63) is 47.0 Å². The number of hydrogen-bond acceptors (Lipinski definition) is 3. The quantitative estimate of drug-likeness (QED) is 0.899. The number of halogens is 1. The smallest absolute Gasteiger partial charge is 0.123 e. The number of nitrogens with zero attached hydrogens (tertiary/aromatic N) is 3. The summed E-state index contributed by atoms with van der Waals surface area (Å²) in [6, 6.07) is 5.22. The SMILES string of the molecule is Cc1cc(F)ccc1Cn1cc(CNC(C)C)nn1. The summed E-state index contributed by atoms with van der Waals surface area (Å²) in [5.74, 6) is -0.207. The normalized spacial score (nSPS) is 11.2. The van der Waals surface area contributed by atoms with Gasteiger partial charge in [0.1, 0.15) is 5.82 Å². The van der Waals surface area contributed by atoms with E-state index in [9.17, 15) is 4.39 Å². The van der Waals surface area contributed by atoms with E-state index in [-0.39, 0.29) is 5.82 Å². The van der Waals surface area contributed by atoms with Gasteiger partial charge in [0.25, 0.3) is 0 Å². The van der Waals surface area contributed by atoms with E-state index in [1.165, 1.54) is 12.1 Å². The maximum Gasteiger partial charge on any atom is 0.123 e. The van der Waals surface area contributed by atoms with Gasteiger partial charge in [-0.25, -0.2) is 9.07 Å². The third-order valence-corrected chi connectivity index (χ3v) is 2.91. The van der Waals surface area contributed by atoms with Crippen LogP contribution in [0.1, 0.15) is 30.7 Å². The van der Waals surface area contributed by atoms with Crippen LogP contribution in [0.4, 0.5) is 4.39 Å². The van der Waals surface area contributed by atoms with Gasteiger partial charge in [0.15, 0.2) is 0 Å². The van der Waals surface area contributed by atoms with Gasteiger partial charge in [-0.15, -0.1) is 5.10 Å². The number of benzene rings is 1. The molecule has 1 aromatic heterocycles. The average molecular weight is 262 g/mol. The molecule has 1 N–H and O–H groups in total. The predicted octanol–water partition coefficient (Wildman–Crippen LogP) is 2.27. The highest BCUT2D eigenvalue weighted by atomic mass is 19.1. The van der Waals surface area contributed by atoms with Crippen molar-refractivity contribution in [2.45, 2.75) is 39.9 Å². The van der Waals surface area contributed by atoms with Crippen molar-refractivity contribution >= 4 is 0 Å². The van der Waals surface area contributed by atoms with Crippen molar-refractivity contribution in [2.24, 2.45) is 0 Å². The summed E-state index contributed by atoms with van der Waals surface area (Å²) in [6.45, 7) is 7.40. The third kappa shape index (κ3) is 3.86. The molecule has 0 aliphatic heterocycles. The van der Waals surface area contributed by atoms with Gasteiger partial charge in [0.05, 0.1) is 18.4 Å². The maximum atomic E-state index is 13.0.